The molecule has 0 fully saturated rings. The van der Waals surface area contributed by atoms with Gasteiger partial charge in [0, 0.05) is 10.0 Å². The van der Waals surface area contributed by atoms with E-state index in [0.717, 1.165) is 0 Å². The maximum Gasteiger partial charge on any atom is 0.240 e. The van der Waals surface area contributed by atoms with E-state index in [1.165, 1.54) is 13.2 Å². The number of halogens is 1. The van der Waals surface area contributed by atoms with Gasteiger partial charge in [0.1, 0.15) is 0 Å². The van der Waals surface area contributed by atoms with E-state index in [1.807, 2.05) is 0 Å². The Balaban J connectivity index is 2.48. The standard InChI is InChI=1S/C10H10BrN3O3/c1-16-8-3-6(11)5(2-7(8)15)10-13-9(4-12)17-14-10/h2-3,15H,4,12H2,1H3. The van der Waals surface area contributed by atoms with Crippen LogP contribution in [0.1, 0.15) is 5.89 Å². The Kier molecular flexibility index (Phi) is 3.30. The van der Waals surface area contributed by atoms with Gasteiger partial charge in [0.05, 0.1) is 13.7 Å². The number of rotatable bonds is 3. The molecule has 6 nitrogen and oxygen atoms in total. The van der Waals surface area contributed by atoms with Gasteiger partial charge in [-0.2, -0.15) is 4.98 Å². The summed E-state index contributed by atoms with van der Waals surface area (Å²) in [6.07, 6.45) is 0. The molecule has 0 saturated heterocycles. The predicted molar refractivity (Wildman–Crippen MR) is 63.5 cm³/mol. The van der Waals surface area contributed by atoms with Gasteiger partial charge < -0.3 is 20.1 Å². The highest BCUT2D eigenvalue weighted by molar-refractivity contribution is 9.10. The van der Waals surface area contributed by atoms with Gasteiger partial charge in [-0.25, -0.2) is 0 Å². The number of phenolic OH excluding ortho intramolecular Hbond substituents is 1. The normalized spacial score (nSPS) is 10.5. The molecule has 0 aliphatic rings. The van der Waals surface area contributed by atoms with Gasteiger partial charge in [-0.3, -0.25) is 0 Å². The molecule has 17 heavy (non-hydrogen) atoms. The summed E-state index contributed by atoms with van der Waals surface area (Å²) in [6.45, 7) is 0.173. The van der Waals surface area contributed by atoms with E-state index >= 15 is 0 Å². The third-order valence-electron chi connectivity index (χ3n) is 2.15. The molecular formula is C10H10BrN3O3. The van der Waals surface area contributed by atoms with Gasteiger partial charge in [0.15, 0.2) is 11.5 Å². The van der Waals surface area contributed by atoms with E-state index in [-0.39, 0.29) is 12.3 Å². The number of nitrogens with two attached hydrogens (primary N) is 1. The number of methoxy groups -OCH3 is 1. The van der Waals surface area contributed by atoms with Crippen LogP contribution in [0.3, 0.4) is 0 Å². The van der Waals surface area contributed by atoms with Crippen molar-refractivity contribution < 1.29 is 14.4 Å². The first kappa shape index (κ1) is 11.9. The lowest BCUT2D eigenvalue weighted by atomic mass is 10.2. The average molecular weight is 300 g/mol. The molecule has 0 radical (unpaired) electrons. The summed E-state index contributed by atoms with van der Waals surface area (Å²) in [6, 6.07) is 3.12. The third kappa shape index (κ3) is 2.25. The lowest BCUT2D eigenvalue weighted by molar-refractivity contribution is 0.373. The van der Waals surface area contributed by atoms with Crippen LogP contribution >= 0.6 is 15.9 Å². The fourth-order valence-corrected chi connectivity index (χ4v) is 1.83. The number of aromatic nitrogens is 2. The lowest BCUT2D eigenvalue weighted by Crippen LogP contribution is -1.95. The number of aromatic hydroxyl groups is 1. The number of hydrogen-bond donors (Lipinski definition) is 2. The Morgan fingerprint density at radius 1 is 1.53 bits per heavy atom. The molecule has 0 bridgehead atoms. The first-order valence-electron chi connectivity index (χ1n) is 4.75. The minimum absolute atomic E-state index is 0.00444. The van der Waals surface area contributed by atoms with Crippen LogP contribution < -0.4 is 10.5 Å². The van der Waals surface area contributed by atoms with Crippen molar-refractivity contribution in [2.24, 2.45) is 5.73 Å². The van der Waals surface area contributed by atoms with Crippen LogP contribution in [0.25, 0.3) is 11.4 Å². The Hall–Kier alpha value is -1.60. The zero-order valence-electron chi connectivity index (χ0n) is 8.98. The molecule has 0 unspecified atom stereocenters. The summed E-state index contributed by atoms with van der Waals surface area (Å²) in [5.41, 5.74) is 5.98. The number of phenols is 1. The molecule has 0 aliphatic heterocycles. The average Bonchev–Trinajstić information content (AvgIpc) is 2.80. The summed E-state index contributed by atoms with van der Waals surface area (Å²) in [7, 11) is 1.47. The Labute approximate surface area is 106 Å². The molecule has 0 amide bonds. The molecule has 0 aliphatic carbocycles. The van der Waals surface area contributed by atoms with Crippen LogP contribution in [-0.4, -0.2) is 22.4 Å². The summed E-state index contributed by atoms with van der Waals surface area (Å²) in [4.78, 5) is 4.07. The molecule has 3 N–H and O–H groups in total. The van der Waals surface area contributed by atoms with Gasteiger partial charge >= 0.3 is 0 Å². The molecule has 1 heterocycles. The topological polar surface area (TPSA) is 94.4 Å². The molecule has 1 aromatic heterocycles. The smallest absolute Gasteiger partial charge is 0.240 e. The van der Waals surface area contributed by atoms with Crippen LogP contribution in [0.2, 0.25) is 0 Å². The van der Waals surface area contributed by atoms with Gasteiger partial charge in [0.25, 0.3) is 0 Å². The van der Waals surface area contributed by atoms with Crippen LogP contribution in [0.4, 0.5) is 0 Å². The van der Waals surface area contributed by atoms with Gasteiger partial charge in [-0.15, -0.1) is 0 Å². The molecule has 90 valence electrons. The van der Waals surface area contributed by atoms with Crippen molar-refractivity contribution in [3.8, 4) is 22.9 Å². The zero-order chi connectivity index (χ0) is 12.4. The van der Waals surface area contributed by atoms with E-state index in [4.69, 9.17) is 15.0 Å². The highest BCUT2D eigenvalue weighted by atomic mass is 79.9. The fraction of sp³-hybridized carbons (Fsp3) is 0.200. The summed E-state index contributed by atoms with van der Waals surface area (Å²) < 4.78 is 10.6. The summed E-state index contributed by atoms with van der Waals surface area (Å²) >= 11 is 3.35. The van der Waals surface area contributed by atoms with E-state index in [9.17, 15) is 5.11 Å². The maximum atomic E-state index is 9.68. The van der Waals surface area contributed by atoms with Gasteiger partial charge in [-0.1, -0.05) is 5.16 Å². The zero-order valence-corrected chi connectivity index (χ0v) is 10.6. The van der Waals surface area contributed by atoms with Crippen molar-refractivity contribution in [2.75, 3.05) is 7.11 Å². The van der Waals surface area contributed by atoms with Crippen LogP contribution in [0.15, 0.2) is 21.1 Å². The number of nitrogens with zero attached hydrogens (tertiary/aromatic N) is 2. The van der Waals surface area contributed by atoms with Gasteiger partial charge in [0.2, 0.25) is 11.7 Å². The van der Waals surface area contributed by atoms with E-state index in [0.29, 0.717) is 27.5 Å². The molecule has 7 heteroatoms. The van der Waals surface area contributed by atoms with Crippen molar-refractivity contribution in [1.82, 2.24) is 10.1 Å². The Morgan fingerprint density at radius 3 is 2.88 bits per heavy atom. The lowest BCUT2D eigenvalue weighted by Gasteiger charge is -2.06. The van der Waals surface area contributed by atoms with Gasteiger partial charge in [-0.05, 0) is 28.1 Å². The van der Waals surface area contributed by atoms with Crippen LogP contribution in [0.5, 0.6) is 11.5 Å². The van der Waals surface area contributed by atoms with Crippen molar-refractivity contribution in [3.63, 3.8) is 0 Å². The highest BCUT2D eigenvalue weighted by Gasteiger charge is 2.14. The first-order chi connectivity index (χ1) is 8.15. The fourth-order valence-electron chi connectivity index (χ4n) is 1.33. The third-order valence-corrected chi connectivity index (χ3v) is 2.81. The second-order valence-corrected chi connectivity index (χ2v) is 4.07. The molecule has 1 aromatic carbocycles. The molecule has 2 aromatic rings. The quantitative estimate of drug-likeness (QED) is 0.895. The summed E-state index contributed by atoms with van der Waals surface area (Å²) in [5, 5.41) is 13.5. The van der Waals surface area contributed by atoms with E-state index in [1.54, 1.807) is 6.07 Å². The minimum atomic E-state index is 0.00444. The Bertz CT molecular complexity index is 542. The van der Waals surface area contributed by atoms with E-state index < -0.39 is 0 Å². The Morgan fingerprint density at radius 2 is 2.29 bits per heavy atom. The highest BCUT2D eigenvalue weighted by Crippen LogP contribution is 2.36. The monoisotopic (exact) mass is 299 g/mol. The van der Waals surface area contributed by atoms with Crippen LogP contribution in [-0.2, 0) is 6.54 Å². The second kappa shape index (κ2) is 4.72. The number of benzene rings is 1. The molecule has 0 atom stereocenters. The molecule has 2 rings (SSSR count). The van der Waals surface area contributed by atoms with Crippen LogP contribution in [0, 0.1) is 0 Å². The van der Waals surface area contributed by atoms with Crippen molar-refractivity contribution in [1.29, 1.82) is 0 Å². The maximum absolute atomic E-state index is 9.68. The second-order valence-electron chi connectivity index (χ2n) is 3.22. The number of ether oxygens (including phenoxy) is 1. The molecular weight excluding hydrogens is 290 g/mol. The molecule has 0 saturated carbocycles. The SMILES string of the molecule is COc1cc(Br)c(-c2noc(CN)n2)cc1O. The predicted octanol–water partition coefficient (Wildman–Crippen LogP) is 1.67. The first-order valence-corrected chi connectivity index (χ1v) is 5.54. The van der Waals surface area contributed by atoms with Crippen molar-refractivity contribution >= 4 is 15.9 Å². The molecule has 0 spiro atoms. The van der Waals surface area contributed by atoms with Crippen molar-refractivity contribution in [2.45, 2.75) is 6.54 Å². The number of hydrogen-bond acceptors (Lipinski definition) is 6. The summed E-state index contributed by atoms with van der Waals surface area (Å²) in [5.74, 6) is 1.06. The minimum Gasteiger partial charge on any atom is -0.504 e. The van der Waals surface area contributed by atoms with E-state index in [2.05, 4.69) is 26.1 Å². The van der Waals surface area contributed by atoms with Crippen molar-refractivity contribution in [3.05, 3.63) is 22.5 Å². The largest absolute Gasteiger partial charge is 0.504 e.